The Hall–Kier alpha value is -0.750. The monoisotopic (exact) mass is 196 g/mol. The molecule has 7 heteroatoms. The van der Waals surface area contributed by atoms with Crippen LogP contribution in [0.3, 0.4) is 0 Å². The average molecular weight is 197 g/mol. The van der Waals surface area contributed by atoms with Crippen LogP contribution in [0, 0.1) is 0 Å². The van der Waals surface area contributed by atoms with Gasteiger partial charge in [-0.3, -0.25) is 0 Å². The minimum absolute atomic E-state index is 0.0303. The molecule has 62 valence electrons. The van der Waals surface area contributed by atoms with Crippen LogP contribution >= 0.6 is 11.6 Å². The van der Waals surface area contributed by atoms with Crippen LogP contribution in [0.25, 0.3) is 0 Å². The molecule has 0 amide bonds. The molecule has 1 rings (SSSR count). The van der Waals surface area contributed by atoms with E-state index in [9.17, 15) is 8.42 Å². The van der Waals surface area contributed by atoms with Crippen LogP contribution in [-0.2, 0) is 18.0 Å². The quantitative estimate of drug-likeness (QED) is 0.676. The lowest BCUT2D eigenvalue weighted by Crippen LogP contribution is -1.96. The number of rotatable bonds is 2. The minimum Gasteiger partial charge on any atom is -0.362 e. The van der Waals surface area contributed by atoms with Gasteiger partial charge in [-0.25, -0.2) is 4.98 Å². The summed E-state index contributed by atoms with van der Waals surface area (Å²) in [4.78, 5) is 3.61. The highest BCUT2D eigenvalue weighted by Crippen LogP contribution is 2.20. The first-order valence-electron chi connectivity index (χ1n) is 2.60. The van der Waals surface area contributed by atoms with E-state index in [1.165, 1.54) is 10.9 Å². The van der Waals surface area contributed by atoms with Crippen molar-refractivity contribution in [3.05, 3.63) is 11.5 Å². The van der Waals surface area contributed by atoms with Gasteiger partial charge in [-0.05, 0) is 0 Å². The summed E-state index contributed by atoms with van der Waals surface area (Å²) < 4.78 is 25.9. The first kappa shape index (κ1) is 8.35. The van der Waals surface area contributed by atoms with Gasteiger partial charge in [0.05, 0.1) is 6.33 Å². The van der Waals surface area contributed by atoms with Crippen molar-refractivity contribution in [3.63, 3.8) is 0 Å². The van der Waals surface area contributed by atoms with Gasteiger partial charge in [0.2, 0.25) is 0 Å². The zero-order chi connectivity index (χ0) is 8.43. The minimum atomic E-state index is -2.93. The van der Waals surface area contributed by atoms with Gasteiger partial charge in [-0.15, -0.1) is 0 Å². The number of nitrogens with zero attached hydrogens (tertiary/aromatic N) is 2. The second kappa shape index (κ2) is 3.10. The highest BCUT2D eigenvalue weighted by Gasteiger charge is 2.07. The molecule has 0 atom stereocenters. The molecule has 0 aliphatic rings. The summed E-state index contributed by atoms with van der Waals surface area (Å²) >= 11 is 5.46. The van der Waals surface area contributed by atoms with E-state index in [0.717, 1.165) is 0 Å². The van der Waals surface area contributed by atoms with Crippen molar-refractivity contribution in [2.45, 2.75) is 0 Å². The third kappa shape index (κ3) is 1.84. The van der Waals surface area contributed by atoms with Gasteiger partial charge in [0, 0.05) is 7.05 Å². The van der Waals surface area contributed by atoms with Gasteiger partial charge >= 0.3 is 11.0 Å². The maximum atomic E-state index is 10.1. The van der Waals surface area contributed by atoms with E-state index in [1.54, 1.807) is 7.05 Å². The van der Waals surface area contributed by atoms with Crippen LogP contribution in [0.5, 0.6) is 5.88 Å². The summed E-state index contributed by atoms with van der Waals surface area (Å²) in [6.45, 7) is 0. The molecule has 0 aliphatic carbocycles. The summed E-state index contributed by atoms with van der Waals surface area (Å²) in [5, 5.41) is 0.0340. The highest BCUT2D eigenvalue weighted by molar-refractivity contribution is 7.67. The van der Waals surface area contributed by atoms with E-state index >= 15 is 0 Å². The van der Waals surface area contributed by atoms with Crippen molar-refractivity contribution < 1.29 is 12.6 Å². The van der Waals surface area contributed by atoms with E-state index in [2.05, 4.69) is 9.17 Å². The van der Waals surface area contributed by atoms with Crippen molar-refractivity contribution in [3.8, 4) is 5.88 Å². The Labute approximate surface area is 69.7 Å². The molecule has 1 aromatic rings. The molecule has 0 aromatic carbocycles. The number of hydrogen-bond donors (Lipinski definition) is 1. The smallest absolute Gasteiger partial charge is 0.300 e. The van der Waals surface area contributed by atoms with Crippen LogP contribution in [-0.4, -0.2) is 18.0 Å². The number of thiol groups is 1. The lowest BCUT2D eigenvalue weighted by atomic mass is 10.8. The predicted octanol–water partition coefficient (Wildman–Crippen LogP) is -0.0213. The third-order valence-corrected chi connectivity index (χ3v) is 1.58. The van der Waals surface area contributed by atoms with Crippen molar-refractivity contribution >= 4 is 22.6 Å². The topological polar surface area (TPSA) is 61.2 Å². The van der Waals surface area contributed by atoms with Gasteiger partial charge in [-0.2, -0.15) is 8.42 Å². The summed E-state index contributed by atoms with van der Waals surface area (Å²) in [7, 11) is -1.35. The Morgan fingerprint density at radius 3 is 2.73 bits per heavy atom. The Balaban J connectivity index is 3.01. The number of halogens is 1. The van der Waals surface area contributed by atoms with Gasteiger partial charge in [0.25, 0.3) is 5.88 Å². The van der Waals surface area contributed by atoms with Crippen LogP contribution in [0.15, 0.2) is 6.33 Å². The molecular weight excluding hydrogens is 192 g/mol. The third-order valence-electron chi connectivity index (χ3n) is 1.00. The fourth-order valence-electron chi connectivity index (χ4n) is 0.563. The van der Waals surface area contributed by atoms with Gasteiger partial charge in [0.1, 0.15) is 0 Å². The highest BCUT2D eigenvalue weighted by atomic mass is 35.5. The fraction of sp³-hybridized carbons (Fsp3) is 0.250. The maximum absolute atomic E-state index is 10.1. The zero-order valence-electron chi connectivity index (χ0n) is 5.52. The molecule has 0 unspecified atom stereocenters. The van der Waals surface area contributed by atoms with E-state index in [4.69, 9.17) is 11.6 Å². The lowest BCUT2D eigenvalue weighted by molar-refractivity contribution is 0.486. The average Bonchev–Trinajstić information content (AvgIpc) is 2.18. The Bertz CT molecular complexity index is 305. The van der Waals surface area contributed by atoms with E-state index in [-0.39, 0.29) is 11.0 Å². The Morgan fingerprint density at radius 1 is 1.73 bits per heavy atom. The normalized spacial score (nSPS) is 10.5. The molecule has 1 heterocycles. The Kier molecular flexibility index (Phi) is 2.35. The maximum Gasteiger partial charge on any atom is 0.300 e. The summed E-state index contributed by atoms with van der Waals surface area (Å²) in [6, 6.07) is 0. The molecule has 0 spiro atoms. The molecular formula is C4H5ClN2O3S. The second-order valence-electron chi connectivity index (χ2n) is 1.77. The van der Waals surface area contributed by atoms with Gasteiger partial charge in [0.15, 0.2) is 5.15 Å². The van der Waals surface area contributed by atoms with Crippen molar-refractivity contribution in [2.75, 3.05) is 0 Å². The van der Waals surface area contributed by atoms with E-state index in [1.807, 2.05) is 0 Å². The van der Waals surface area contributed by atoms with Crippen LogP contribution in [0.4, 0.5) is 0 Å². The number of imidazole rings is 1. The largest absolute Gasteiger partial charge is 0.362 e. The van der Waals surface area contributed by atoms with Crippen LogP contribution in [0.1, 0.15) is 0 Å². The summed E-state index contributed by atoms with van der Waals surface area (Å²) in [5.74, 6) is 0.0303. The number of hydrogen-bond acceptors (Lipinski definition) is 4. The SMILES string of the molecule is Cn1cnc(Cl)c1O[SH](=O)=O. The standard InChI is InChI=1S/C4H5ClN2O3S/c1-7-2-6-3(5)4(7)10-11(8)9/h2,11H,1H3. The van der Waals surface area contributed by atoms with Gasteiger partial charge < -0.3 is 8.75 Å². The molecule has 11 heavy (non-hydrogen) atoms. The molecule has 1 aromatic heterocycles. The summed E-state index contributed by atoms with van der Waals surface area (Å²) in [6.07, 6.45) is 1.36. The van der Waals surface area contributed by atoms with Crippen molar-refractivity contribution in [1.29, 1.82) is 0 Å². The zero-order valence-corrected chi connectivity index (χ0v) is 7.17. The number of aromatic nitrogens is 2. The van der Waals surface area contributed by atoms with Crippen LogP contribution in [0.2, 0.25) is 5.15 Å². The van der Waals surface area contributed by atoms with Crippen LogP contribution < -0.4 is 4.18 Å². The molecule has 0 N–H and O–H groups in total. The van der Waals surface area contributed by atoms with Crippen molar-refractivity contribution in [2.24, 2.45) is 7.05 Å². The first-order valence-corrected chi connectivity index (χ1v) is 4.08. The van der Waals surface area contributed by atoms with E-state index < -0.39 is 11.0 Å². The van der Waals surface area contributed by atoms with E-state index in [0.29, 0.717) is 0 Å². The predicted molar refractivity (Wildman–Crippen MR) is 39.2 cm³/mol. The summed E-state index contributed by atoms with van der Waals surface area (Å²) in [5.41, 5.74) is 0. The fourth-order valence-corrected chi connectivity index (χ4v) is 1.19. The number of aryl methyl sites for hydroxylation is 1. The molecule has 0 radical (unpaired) electrons. The molecule has 0 saturated heterocycles. The lowest BCUT2D eigenvalue weighted by Gasteiger charge is -1.96. The van der Waals surface area contributed by atoms with Crippen molar-refractivity contribution in [1.82, 2.24) is 9.55 Å². The first-order chi connectivity index (χ1) is 5.11. The molecule has 0 fully saturated rings. The second-order valence-corrected chi connectivity index (χ2v) is 2.75. The molecule has 5 nitrogen and oxygen atoms in total. The molecule has 0 aliphatic heterocycles. The Morgan fingerprint density at radius 2 is 2.36 bits per heavy atom. The van der Waals surface area contributed by atoms with Gasteiger partial charge in [-0.1, -0.05) is 11.6 Å². The molecule has 0 saturated carbocycles. The molecule has 0 bridgehead atoms.